The van der Waals surface area contributed by atoms with E-state index in [9.17, 15) is 27.6 Å². The van der Waals surface area contributed by atoms with Gasteiger partial charge in [-0.1, -0.05) is 0 Å². The largest absolute Gasteiger partial charge is 0.462 e. The molecule has 6 nitrogen and oxygen atoms in total. The van der Waals surface area contributed by atoms with E-state index in [0.29, 0.717) is 12.8 Å². The van der Waals surface area contributed by atoms with E-state index in [0.717, 1.165) is 13.1 Å². The molecule has 0 bridgehead atoms. The van der Waals surface area contributed by atoms with Crippen molar-refractivity contribution in [1.82, 2.24) is 4.57 Å². The highest BCUT2D eigenvalue weighted by Crippen LogP contribution is 2.40. The van der Waals surface area contributed by atoms with Crippen LogP contribution in [-0.4, -0.2) is 23.1 Å². The number of carbonyl (C=O) groups excluding carboxylic acids is 2. The standard InChI is InChI=1S/C17H15F3N2O4/c1-3-26-17(25)9-6-22(8-4-5-8)15-10(16(9)24)14(21-7(2)23)12(19)11(18)13(15)20/h6,8H,3-5H2,1-2H3,(H,21,23). The van der Waals surface area contributed by atoms with Gasteiger partial charge in [0, 0.05) is 19.2 Å². The lowest BCUT2D eigenvalue weighted by Crippen LogP contribution is -2.24. The number of ether oxygens (including phenoxy) is 1. The SMILES string of the molecule is CCOC(=O)c1cn(C2CC2)c2c(F)c(F)c(F)c(NC(C)=O)c2c1=O. The number of halogens is 3. The lowest BCUT2D eigenvalue weighted by molar-refractivity contribution is -0.114. The van der Waals surface area contributed by atoms with Crippen molar-refractivity contribution in [3.05, 3.63) is 39.4 Å². The zero-order valence-electron chi connectivity index (χ0n) is 14.0. The van der Waals surface area contributed by atoms with Crippen LogP contribution in [0.25, 0.3) is 10.9 Å². The molecule has 3 rings (SSSR count). The van der Waals surface area contributed by atoms with Crippen LogP contribution in [0.2, 0.25) is 0 Å². The Balaban J connectivity index is 2.48. The number of amides is 1. The second kappa shape index (κ2) is 6.47. The summed E-state index contributed by atoms with van der Waals surface area (Å²) in [4.78, 5) is 36.2. The summed E-state index contributed by atoms with van der Waals surface area (Å²) in [6.07, 6.45) is 2.33. The summed E-state index contributed by atoms with van der Waals surface area (Å²) in [6.45, 7) is 2.56. The van der Waals surface area contributed by atoms with Crippen LogP contribution in [0.1, 0.15) is 43.1 Å². The third-order valence-electron chi connectivity index (χ3n) is 4.03. The molecule has 1 fully saturated rings. The molecule has 0 radical (unpaired) electrons. The van der Waals surface area contributed by atoms with E-state index in [-0.39, 0.29) is 12.6 Å². The summed E-state index contributed by atoms with van der Waals surface area (Å²) in [5, 5.41) is 1.42. The average Bonchev–Trinajstić information content (AvgIpc) is 3.41. The minimum atomic E-state index is -1.81. The number of nitrogens with zero attached hydrogens (tertiary/aromatic N) is 1. The first-order valence-electron chi connectivity index (χ1n) is 7.97. The van der Waals surface area contributed by atoms with Crippen molar-refractivity contribution in [3.8, 4) is 0 Å². The molecule has 1 aromatic carbocycles. The number of rotatable bonds is 4. The zero-order chi connectivity index (χ0) is 19.2. The molecule has 1 amide bonds. The van der Waals surface area contributed by atoms with Crippen molar-refractivity contribution in [2.75, 3.05) is 11.9 Å². The van der Waals surface area contributed by atoms with Crippen LogP contribution in [0, 0.1) is 17.5 Å². The van der Waals surface area contributed by atoms with Crippen LogP contribution in [0.3, 0.4) is 0 Å². The summed E-state index contributed by atoms with van der Waals surface area (Å²) in [5.74, 6) is -6.81. The van der Waals surface area contributed by atoms with Crippen molar-refractivity contribution in [2.24, 2.45) is 0 Å². The highest BCUT2D eigenvalue weighted by molar-refractivity contribution is 6.03. The molecule has 1 N–H and O–H groups in total. The molecule has 2 aromatic rings. The van der Waals surface area contributed by atoms with Gasteiger partial charge in [-0.3, -0.25) is 9.59 Å². The van der Waals surface area contributed by atoms with E-state index in [4.69, 9.17) is 4.74 Å². The predicted molar refractivity (Wildman–Crippen MR) is 86.6 cm³/mol. The molecule has 9 heteroatoms. The second-order valence-corrected chi connectivity index (χ2v) is 5.95. The molecule has 1 aromatic heterocycles. The molecule has 0 unspecified atom stereocenters. The maximum atomic E-state index is 14.5. The molecule has 138 valence electrons. The van der Waals surface area contributed by atoms with Gasteiger partial charge >= 0.3 is 5.97 Å². The van der Waals surface area contributed by atoms with Gasteiger partial charge < -0.3 is 14.6 Å². The molecule has 0 spiro atoms. The number of hydrogen-bond acceptors (Lipinski definition) is 4. The number of carbonyl (C=O) groups is 2. The Morgan fingerprint density at radius 1 is 1.23 bits per heavy atom. The maximum absolute atomic E-state index is 14.5. The highest BCUT2D eigenvalue weighted by Gasteiger charge is 2.32. The zero-order valence-corrected chi connectivity index (χ0v) is 14.0. The third-order valence-corrected chi connectivity index (χ3v) is 4.03. The van der Waals surface area contributed by atoms with Crippen LogP contribution in [0.15, 0.2) is 11.0 Å². The van der Waals surface area contributed by atoms with Gasteiger partial charge in [-0.25, -0.2) is 18.0 Å². The van der Waals surface area contributed by atoms with E-state index in [1.54, 1.807) is 0 Å². The number of anilines is 1. The Bertz CT molecular complexity index is 996. The number of esters is 1. The van der Waals surface area contributed by atoms with E-state index in [1.165, 1.54) is 11.5 Å². The molecule has 26 heavy (non-hydrogen) atoms. The van der Waals surface area contributed by atoms with Gasteiger partial charge in [0.25, 0.3) is 0 Å². The Labute approximate surface area is 145 Å². The van der Waals surface area contributed by atoms with E-state index < -0.39 is 56.9 Å². The van der Waals surface area contributed by atoms with Crippen molar-refractivity contribution in [1.29, 1.82) is 0 Å². The smallest absolute Gasteiger partial charge is 0.343 e. The number of fused-ring (bicyclic) bond motifs is 1. The molecule has 1 aliphatic rings. The summed E-state index contributed by atoms with van der Waals surface area (Å²) < 4.78 is 48.8. The minimum Gasteiger partial charge on any atom is -0.462 e. The molecule has 0 saturated heterocycles. The molecule has 1 heterocycles. The van der Waals surface area contributed by atoms with Crippen molar-refractivity contribution >= 4 is 28.5 Å². The second-order valence-electron chi connectivity index (χ2n) is 5.95. The number of aromatic nitrogens is 1. The van der Waals surface area contributed by atoms with E-state index >= 15 is 0 Å². The van der Waals surface area contributed by atoms with Crippen molar-refractivity contribution < 1.29 is 27.5 Å². The highest BCUT2D eigenvalue weighted by atomic mass is 19.2. The Morgan fingerprint density at radius 3 is 2.42 bits per heavy atom. The van der Waals surface area contributed by atoms with Gasteiger partial charge in [-0.15, -0.1) is 0 Å². The first-order valence-corrected chi connectivity index (χ1v) is 7.97. The Hall–Kier alpha value is -2.84. The number of pyridine rings is 1. The first-order chi connectivity index (χ1) is 12.3. The van der Waals surface area contributed by atoms with Crippen LogP contribution in [0.5, 0.6) is 0 Å². The van der Waals surface area contributed by atoms with E-state index in [1.807, 2.05) is 5.32 Å². The fourth-order valence-corrected chi connectivity index (χ4v) is 2.80. The van der Waals surface area contributed by atoms with Gasteiger partial charge in [-0.05, 0) is 19.8 Å². The van der Waals surface area contributed by atoms with Crippen molar-refractivity contribution in [3.63, 3.8) is 0 Å². The normalized spacial score (nSPS) is 13.7. The van der Waals surface area contributed by atoms with Gasteiger partial charge in [-0.2, -0.15) is 0 Å². The number of nitrogens with one attached hydrogen (secondary N) is 1. The Morgan fingerprint density at radius 2 is 1.88 bits per heavy atom. The van der Waals surface area contributed by atoms with E-state index in [2.05, 4.69) is 0 Å². The summed E-state index contributed by atoms with van der Waals surface area (Å²) in [7, 11) is 0. The molecule has 1 saturated carbocycles. The lowest BCUT2D eigenvalue weighted by atomic mass is 10.1. The summed E-state index contributed by atoms with van der Waals surface area (Å²) in [5.41, 5.74) is -2.77. The quantitative estimate of drug-likeness (QED) is 0.665. The van der Waals surface area contributed by atoms with Crippen LogP contribution < -0.4 is 10.7 Å². The average molecular weight is 368 g/mol. The third kappa shape index (κ3) is 2.83. The summed E-state index contributed by atoms with van der Waals surface area (Å²) >= 11 is 0. The van der Waals surface area contributed by atoms with Gasteiger partial charge in [0.1, 0.15) is 5.56 Å². The Kier molecular flexibility index (Phi) is 4.47. The van der Waals surface area contributed by atoms with Gasteiger partial charge in [0.15, 0.2) is 17.5 Å². The first kappa shape index (κ1) is 18.0. The van der Waals surface area contributed by atoms with Gasteiger partial charge in [0.2, 0.25) is 11.3 Å². The van der Waals surface area contributed by atoms with Crippen molar-refractivity contribution in [2.45, 2.75) is 32.7 Å². The van der Waals surface area contributed by atoms with Gasteiger partial charge in [0.05, 0.1) is 23.2 Å². The summed E-state index contributed by atoms with van der Waals surface area (Å²) in [6, 6.07) is -0.268. The van der Waals surface area contributed by atoms with Crippen LogP contribution in [-0.2, 0) is 9.53 Å². The molecule has 1 aliphatic carbocycles. The monoisotopic (exact) mass is 368 g/mol. The molecular formula is C17H15F3N2O4. The minimum absolute atomic E-state index is 0.00949. The maximum Gasteiger partial charge on any atom is 0.343 e. The number of benzene rings is 1. The van der Waals surface area contributed by atoms with Crippen LogP contribution >= 0.6 is 0 Å². The van der Waals surface area contributed by atoms with Crippen LogP contribution in [0.4, 0.5) is 18.9 Å². The fourth-order valence-electron chi connectivity index (χ4n) is 2.80. The molecule has 0 atom stereocenters. The molecular weight excluding hydrogens is 353 g/mol. The fraction of sp³-hybridized carbons (Fsp3) is 0.353. The number of hydrogen-bond donors (Lipinski definition) is 1. The predicted octanol–water partition coefficient (Wildman–Crippen LogP) is 2.89. The lowest BCUT2D eigenvalue weighted by Gasteiger charge is -2.17. The topological polar surface area (TPSA) is 77.4 Å². The molecule has 0 aliphatic heterocycles.